The first-order valence-corrected chi connectivity index (χ1v) is 5.00. The van der Waals surface area contributed by atoms with E-state index in [2.05, 4.69) is 32.6 Å². The zero-order valence-electron chi connectivity index (χ0n) is 8.88. The molecule has 0 heterocycles. The average molecular weight is 173 g/mol. The van der Waals surface area contributed by atoms with Gasteiger partial charge < -0.3 is 5.11 Å². The average Bonchev–Trinajstić information content (AvgIpc) is 2.04. The first-order valence-electron chi connectivity index (χ1n) is 5.00. The van der Waals surface area contributed by atoms with Crippen LogP contribution in [0.25, 0.3) is 0 Å². The summed E-state index contributed by atoms with van der Waals surface area (Å²) < 4.78 is 0. The normalized spacial score (nSPS) is 14.2. The van der Waals surface area contributed by atoms with Gasteiger partial charge in [-0.2, -0.15) is 0 Å². The lowest BCUT2D eigenvalue weighted by Crippen LogP contribution is -2.38. The molecule has 0 aromatic rings. The second-order valence-corrected chi connectivity index (χ2v) is 3.69. The Balaban J connectivity index is 3.92. The number of hydrogen-bond donors (Lipinski definition) is 1. The van der Waals surface area contributed by atoms with E-state index in [0.717, 1.165) is 19.5 Å². The molecule has 0 aromatic heterocycles. The molecule has 0 bridgehead atoms. The molecule has 0 amide bonds. The Morgan fingerprint density at radius 1 is 1.17 bits per heavy atom. The molecule has 0 aliphatic rings. The van der Waals surface area contributed by atoms with Crippen molar-refractivity contribution in [3.8, 4) is 0 Å². The highest BCUT2D eigenvalue weighted by atomic mass is 16.3. The number of rotatable bonds is 6. The lowest BCUT2D eigenvalue weighted by atomic mass is 10.0. The fourth-order valence-corrected chi connectivity index (χ4v) is 1.62. The van der Waals surface area contributed by atoms with E-state index < -0.39 is 0 Å². The Morgan fingerprint density at radius 3 is 1.92 bits per heavy atom. The van der Waals surface area contributed by atoms with Crippen molar-refractivity contribution in [3.05, 3.63) is 0 Å². The van der Waals surface area contributed by atoms with E-state index in [1.165, 1.54) is 0 Å². The summed E-state index contributed by atoms with van der Waals surface area (Å²) in [4.78, 5) is 2.32. The maximum atomic E-state index is 9.17. The Kier molecular flexibility index (Phi) is 6.39. The van der Waals surface area contributed by atoms with Crippen LogP contribution in [0.3, 0.4) is 0 Å². The highest BCUT2D eigenvalue weighted by Gasteiger charge is 2.15. The van der Waals surface area contributed by atoms with Crippen LogP contribution in [0.1, 0.15) is 34.1 Å². The molecular weight excluding hydrogens is 150 g/mol. The van der Waals surface area contributed by atoms with Gasteiger partial charge in [0, 0.05) is 6.04 Å². The molecule has 2 nitrogen and oxygen atoms in total. The summed E-state index contributed by atoms with van der Waals surface area (Å²) in [5.74, 6) is 0.669. The van der Waals surface area contributed by atoms with Crippen molar-refractivity contribution in [2.24, 2.45) is 5.92 Å². The van der Waals surface area contributed by atoms with Gasteiger partial charge in [-0.25, -0.2) is 0 Å². The van der Waals surface area contributed by atoms with Crippen LogP contribution in [-0.4, -0.2) is 35.7 Å². The summed E-state index contributed by atoms with van der Waals surface area (Å²) in [6.07, 6.45) is 1.10. The van der Waals surface area contributed by atoms with Crippen LogP contribution in [-0.2, 0) is 0 Å². The van der Waals surface area contributed by atoms with Gasteiger partial charge in [-0.1, -0.05) is 27.7 Å². The maximum Gasteiger partial charge on any atom is 0.0586 e. The minimum Gasteiger partial charge on any atom is -0.395 e. The minimum atomic E-state index is 0.292. The summed E-state index contributed by atoms with van der Waals surface area (Å²) in [5.41, 5.74) is 0. The van der Waals surface area contributed by atoms with Crippen LogP contribution in [0.5, 0.6) is 0 Å². The van der Waals surface area contributed by atoms with Gasteiger partial charge in [0.2, 0.25) is 0 Å². The molecule has 0 aliphatic heterocycles. The van der Waals surface area contributed by atoms with E-state index >= 15 is 0 Å². The van der Waals surface area contributed by atoms with Crippen LogP contribution < -0.4 is 0 Å². The van der Waals surface area contributed by atoms with Crippen molar-refractivity contribution in [2.45, 2.75) is 40.2 Å². The third-order valence-electron chi connectivity index (χ3n) is 2.28. The summed E-state index contributed by atoms with van der Waals surface area (Å²) in [5, 5.41) is 9.17. The molecule has 1 unspecified atom stereocenters. The number of aliphatic hydroxyl groups is 1. The molecular formula is C10H23NO. The first-order chi connectivity index (χ1) is 5.65. The van der Waals surface area contributed by atoms with Crippen LogP contribution in [0.15, 0.2) is 0 Å². The van der Waals surface area contributed by atoms with E-state index in [1.54, 1.807) is 0 Å². The fraction of sp³-hybridized carbons (Fsp3) is 1.00. The summed E-state index contributed by atoms with van der Waals surface area (Å²) in [7, 11) is 0. The van der Waals surface area contributed by atoms with Crippen molar-refractivity contribution in [2.75, 3.05) is 19.7 Å². The number of likely N-dealkylation sites (N-methyl/N-ethyl adjacent to an activating group) is 1. The lowest BCUT2D eigenvalue weighted by Gasteiger charge is -2.29. The van der Waals surface area contributed by atoms with Crippen LogP contribution in [0.4, 0.5) is 0 Å². The molecule has 0 spiro atoms. The molecule has 1 atom stereocenters. The highest BCUT2D eigenvalue weighted by molar-refractivity contribution is 4.70. The molecule has 0 saturated carbocycles. The predicted octanol–water partition coefficient (Wildman–Crippen LogP) is 1.74. The van der Waals surface area contributed by atoms with Gasteiger partial charge in [0.05, 0.1) is 6.61 Å². The van der Waals surface area contributed by atoms with Crippen molar-refractivity contribution in [1.29, 1.82) is 0 Å². The first kappa shape index (κ1) is 11.9. The fourth-order valence-electron chi connectivity index (χ4n) is 1.62. The molecule has 0 radical (unpaired) electrons. The van der Waals surface area contributed by atoms with Crippen molar-refractivity contribution >= 4 is 0 Å². The Labute approximate surface area is 76.6 Å². The molecule has 12 heavy (non-hydrogen) atoms. The number of nitrogens with zero attached hydrogens (tertiary/aromatic N) is 1. The number of aliphatic hydroxyl groups excluding tert-OH is 1. The topological polar surface area (TPSA) is 23.5 Å². The largest absolute Gasteiger partial charge is 0.395 e. The van der Waals surface area contributed by atoms with Gasteiger partial charge in [-0.15, -0.1) is 0 Å². The van der Waals surface area contributed by atoms with E-state index in [0.29, 0.717) is 18.6 Å². The minimum absolute atomic E-state index is 0.292. The SMILES string of the molecule is CCN(CC)C(CO)CC(C)C. The van der Waals surface area contributed by atoms with Gasteiger partial charge in [0.1, 0.15) is 0 Å². The van der Waals surface area contributed by atoms with E-state index in [4.69, 9.17) is 5.11 Å². The van der Waals surface area contributed by atoms with Crippen molar-refractivity contribution < 1.29 is 5.11 Å². The standard InChI is InChI=1S/C10H23NO/c1-5-11(6-2)10(8-12)7-9(3)4/h9-10,12H,5-8H2,1-4H3. The molecule has 0 aromatic carbocycles. The van der Waals surface area contributed by atoms with E-state index in [1.807, 2.05) is 0 Å². The Morgan fingerprint density at radius 2 is 1.67 bits per heavy atom. The van der Waals surface area contributed by atoms with Crippen LogP contribution in [0.2, 0.25) is 0 Å². The van der Waals surface area contributed by atoms with Gasteiger partial charge in [0.15, 0.2) is 0 Å². The summed E-state index contributed by atoms with van der Waals surface area (Å²) >= 11 is 0. The van der Waals surface area contributed by atoms with Crippen molar-refractivity contribution in [3.63, 3.8) is 0 Å². The second kappa shape index (κ2) is 6.44. The molecule has 0 aliphatic carbocycles. The van der Waals surface area contributed by atoms with Crippen LogP contribution in [0, 0.1) is 5.92 Å². The van der Waals surface area contributed by atoms with Gasteiger partial charge in [0.25, 0.3) is 0 Å². The summed E-state index contributed by atoms with van der Waals surface area (Å²) in [6, 6.07) is 0.361. The second-order valence-electron chi connectivity index (χ2n) is 3.69. The van der Waals surface area contributed by atoms with Gasteiger partial charge in [-0.05, 0) is 25.4 Å². The molecule has 2 heteroatoms. The highest BCUT2D eigenvalue weighted by Crippen LogP contribution is 2.10. The zero-order chi connectivity index (χ0) is 9.56. The molecule has 0 saturated heterocycles. The van der Waals surface area contributed by atoms with E-state index in [9.17, 15) is 0 Å². The lowest BCUT2D eigenvalue weighted by molar-refractivity contribution is 0.116. The number of hydrogen-bond acceptors (Lipinski definition) is 2. The third-order valence-corrected chi connectivity index (χ3v) is 2.28. The molecule has 0 fully saturated rings. The van der Waals surface area contributed by atoms with Gasteiger partial charge >= 0.3 is 0 Å². The smallest absolute Gasteiger partial charge is 0.0586 e. The molecule has 0 rings (SSSR count). The van der Waals surface area contributed by atoms with E-state index in [-0.39, 0.29) is 0 Å². The van der Waals surface area contributed by atoms with Crippen molar-refractivity contribution in [1.82, 2.24) is 4.90 Å². The molecule has 74 valence electrons. The van der Waals surface area contributed by atoms with Gasteiger partial charge in [-0.3, -0.25) is 4.90 Å². The Bertz CT molecular complexity index is 100. The Hall–Kier alpha value is -0.0800. The summed E-state index contributed by atoms with van der Waals surface area (Å²) in [6.45, 7) is 11.1. The zero-order valence-corrected chi connectivity index (χ0v) is 8.88. The predicted molar refractivity (Wildman–Crippen MR) is 53.2 cm³/mol. The maximum absolute atomic E-state index is 9.17. The monoisotopic (exact) mass is 173 g/mol. The quantitative estimate of drug-likeness (QED) is 0.661. The van der Waals surface area contributed by atoms with Crippen LogP contribution >= 0.6 is 0 Å². The third kappa shape index (κ3) is 4.07. The molecule has 1 N–H and O–H groups in total.